The number of carbonyl (C=O) groups is 1. The van der Waals surface area contributed by atoms with Gasteiger partial charge in [-0.25, -0.2) is 4.79 Å². The average Bonchev–Trinajstić information content (AvgIpc) is 2.75. The van der Waals surface area contributed by atoms with E-state index in [0.29, 0.717) is 6.61 Å². The van der Waals surface area contributed by atoms with Gasteiger partial charge in [0.1, 0.15) is 12.4 Å². The molecule has 1 aliphatic heterocycles. The SMILES string of the molecule is CC(C)(C)[Si](C)(C)Oc1ccc([C@H]2COC(=O)N2)cc1. The lowest BCUT2D eigenvalue weighted by Crippen LogP contribution is -2.43. The van der Waals surface area contributed by atoms with Crippen molar-refractivity contribution in [2.45, 2.75) is 44.9 Å². The molecule has 0 aliphatic carbocycles. The van der Waals surface area contributed by atoms with Gasteiger partial charge >= 0.3 is 6.09 Å². The van der Waals surface area contributed by atoms with Crippen molar-refractivity contribution < 1.29 is 14.0 Å². The molecular weight excluding hydrogens is 270 g/mol. The molecule has 0 bridgehead atoms. The van der Waals surface area contributed by atoms with E-state index >= 15 is 0 Å². The highest BCUT2D eigenvalue weighted by Crippen LogP contribution is 2.37. The highest BCUT2D eigenvalue weighted by molar-refractivity contribution is 6.74. The second kappa shape index (κ2) is 5.13. The first kappa shape index (κ1) is 14.9. The number of benzene rings is 1. The zero-order valence-electron chi connectivity index (χ0n) is 12.8. The first-order valence-electron chi connectivity index (χ1n) is 6.91. The van der Waals surface area contributed by atoms with E-state index in [2.05, 4.69) is 39.2 Å². The van der Waals surface area contributed by atoms with Gasteiger partial charge in [-0.05, 0) is 35.8 Å². The largest absolute Gasteiger partial charge is 0.544 e. The molecule has 1 heterocycles. The topological polar surface area (TPSA) is 47.6 Å². The standard InChI is InChI=1S/C15H23NO3Si/c1-15(2,3)20(4,5)19-12-8-6-11(7-9-12)13-10-18-14(17)16-13/h6-9,13H,10H2,1-5H3,(H,16,17)/t13-/m1/s1. The molecular formula is C15H23NO3Si. The molecule has 1 aliphatic rings. The van der Waals surface area contributed by atoms with E-state index in [9.17, 15) is 4.79 Å². The van der Waals surface area contributed by atoms with Gasteiger partial charge in [-0.2, -0.15) is 0 Å². The predicted molar refractivity (Wildman–Crippen MR) is 81.5 cm³/mol. The Morgan fingerprint density at radius 3 is 2.30 bits per heavy atom. The Balaban J connectivity index is 2.07. The molecule has 0 radical (unpaired) electrons. The first-order valence-corrected chi connectivity index (χ1v) is 9.82. The van der Waals surface area contributed by atoms with Gasteiger partial charge < -0.3 is 14.5 Å². The van der Waals surface area contributed by atoms with Gasteiger partial charge in [0.05, 0.1) is 6.04 Å². The Hall–Kier alpha value is -1.49. The van der Waals surface area contributed by atoms with Crippen molar-refractivity contribution in [3.05, 3.63) is 29.8 Å². The second-order valence-electron chi connectivity index (χ2n) is 6.73. The lowest BCUT2D eigenvalue weighted by molar-refractivity contribution is 0.177. The Labute approximate surface area is 121 Å². The maximum atomic E-state index is 11.0. The van der Waals surface area contributed by atoms with E-state index in [1.807, 2.05) is 24.3 Å². The summed E-state index contributed by atoms with van der Waals surface area (Å²) in [5, 5.41) is 2.95. The zero-order valence-corrected chi connectivity index (χ0v) is 13.8. The van der Waals surface area contributed by atoms with Gasteiger partial charge in [-0.15, -0.1) is 0 Å². The highest BCUT2D eigenvalue weighted by Gasteiger charge is 2.39. The minimum absolute atomic E-state index is 0.0515. The molecule has 1 N–H and O–H groups in total. The number of carbonyl (C=O) groups excluding carboxylic acids is 1. The molecule has 0 saturated carbocycles. The lowest BCUT2D eigenvalue weighted by Gasteiger charge is -2.36. The molecule has 20 heavy (non-hydrogen) atoms. The fourth-order valence-corrected chi connectivity index (χ4v) is 2.81. The van der Waals surface area contributed by atoms with Crippen molar-refractivity contribution >= 4 is 14.4 Å². The van der Waals surface area contributed by atoms with Gasteiger partial charge in [0.25, 0.3) is 0 Å². The van der Waals surface area contributed by atoms with Gasteiger partial charge in [0.15, 0.2) is 0 Å². The van der Waals surface area contributed by atoms with Crippen LogP contribution in [0.1, 0.15) is 32.4 Å². The van der Waals surface area contributed by atoms with E-state index in [4.69, 9.17) is 9.16 Å². The van der Waals surface area contributed by atoms with Crippen molar-refractivity contribution in [1.29, 1.82) is 0 Å². The summed E-state index contributed by atoms with van der Waals surface area (Å²) in [7, 11) is -1.80. The average molecular weight is 293 g/mol. The van der Waals surface area contributed by atoms with Crippen LogP contribution in [0.2, 0.25) is 18.1 Å². The third kappa shape index (κ3) is 3.15. The minimum Gasteiger partial charge on any atom is -0.544 e. The quantitative estimate of drug-likeness (QED) is 0.861. The van der Waals surface area contributed by atoms with E-state index in [0.717, 1.165) is 11.3 Å². The summed E-state index contributed by atoms with van der Waals surface area (Å²) in [6, 6.07) is 7.87. The monoisotopic (exact) mass is 293 g/mol. The molecule has 2 rings (SSSR count). The normalized spacial score (nSPS) is 19.4. The molecule has 1 atom stereocenters. The van der Waals surface area contributed by atoms with Crippen LogP contribution >= 0.6 is 0 Å². The third-order valence-corrected chi connectivity index (χ3v) is 8.49. The highest BCUT2D eigenvalue weighted by atomic mass is 28.4. The Morgan fingerprint density at radius 2 is 1.85 bits per heavy atom. The summed E-state index contributed by atoms with van der Waals surface area (Å²) in [6.45, 7) is 11.5. The van der Waals surface area contributed by atoms with Crippen LogP contribution < -0.4 is 9.74 Å². The van der Waals surface area contributed by atoms with Crippen LogP contribution in [0.3, 0.4) is 0 Å². The predicted octanol–water partition coefficient (Wildman–Crippen LogP) is 3.85. The minimum atomic E-state index is -1.80. The molecule has 1 saturated heterocycles. The van der Waals surface area contributed by atoms with E-state index in [1.165, 1.54) is 0 Å². The lowest BCUT2D eigenvalue weighted by atomic mass is 10.1. The zero-order chi connectivity index (χ0) is 15.0. The van der Waals surface area contributed by atoms with Gasteiger partial charge in [-0.3, -0.25) is 0 Å². The number of ether oxygens (including phenoxy) is 1. The fraction of sp³-hybridized carbons (Fsp3) is 0.533. The summed E-state index contributed by atoms with van der Waals surface area (Å²) < 4.78 is 11.1. The molecule has 1 amide bonds. The molecule has 110 valence electrons. The van der Waals surface area contributed by atoms with Gasteiger partial charge in [0, 0.05) is 0 Å². The maximum absolute atomic E-state index is 11.0. The van der Waals surface area contributed by atoms with Crippen LogP contribution in [0.5, 0.6) is 5.75 Å². The number of alkyl carbamates (subject to hydrolysis) is 1. The summed E-state index contributed by atoms with van der Waals surface area (Å²) >= 11 is 0. The molecule has 4 nitrogen and oxygen atoms in total. The number of nitrogens with one attached hydrogen (secondary N) is 1. The summed E-state index contributed by atoms with van der Waals surface area (Å²) in [5.74, 6) is 0.894. The third-order valence-electron chi connectivity index (χ3n) is 4.13. The molecule has 0 spiro atoms. The molecule has 0 aromatic heterocycles. The van der Waals surface area contributed by atoms with Crippen LogP contribution in [-0.4, -0.2) is 21.0 Å². The fourth-order valence-electron chi connectivity index (χ4n) is 1.78. The Bertz CT molecular complexity index is 491. The van der Waals surface area contributed by atoms with Crippen LogP contribution in [0.25, 0.3) is 0 Å². The van der Waals surface area contributed by atoms with Crippen molar-refractivity contribution in [3.63, 3.8) is 0 Å². The van der Waals surface area contributed by atoms with Gasteiger partial charge in [0.2, 0.25) is 8.32 Å². The van der Waals surface area contributed by atoms with Crippen molar-refractivity contribution in [2.24, 2.45) is 0 Å². The number of hydrogen-bond acceptors (Lipinski definition) is 3. The number of amides is 1. The van der Waals surface area contributed by atoms with Crippen molar-refractivity contribution in [1.82, 2.24) is 5.32 Å². The first-order chi connectivity index (χ1) is 9.19. The summed E-state index contributed by atoms with van der Waals surface area (Å²) in [6.07, 6.45) is -0.350. The van der Waals surface area contributed by atoms with Crippen LogP contribution in [0, 0.1) is 0 Å². The molecule has 5 heteroatoms. The van der Waals surface area contributed by atoms with Crippen molar-refractivity contribution in [3.8, 4) is 5.75 Å². The molecule has 0 unspecified atom stereocenters. The molecule has 1 aromatic rings. The molecule has 1 aromatic carbocycles. The smallest absolute Gasteiger partial charge is 0.407 e. The Kier molecular flexibility index (Phi) is 3.82. The van der Waals surface area contributed by atoms with Gasteiger partial charge in [-0.1, -0.05) is 32.9 Å². The number of cyclic esters (lactones) is 1. The summed E-state index contributed by atoms with van der Waals surface area (Å²) in [4.78, 5) is 11.0. The molecule has 1 fully saturated rings. The number of hydrogen-bond donors (Lipinski definition) is 1. The maximum Gasteiger partial charge on any atom is 0.407 e. The van der Waals surface area contributed by atoms with Crippen LogP contribution in [0.4, 0.5) is 4.79 Å². The van der Waals surface area contributed by atoms with Crippen molar-refractivity contribution in [2.75, 3.05) is 6.61 Å². The van der Waals surface area contributed by atoms with Crippen LogP contribution in [-0.2, 0) is 4.74 Å². The van der Waals surface area contributed by atoms with E-state index in [-0.39, 0.29) is 17.2 Å². The Morgan fingerprint density at radius 1 is 1.25 bits per heavy atom. The number of rotatable bonds is 3. The second-order valence-corrected chi connectivity index (χ2v) is 11.5. The van der Waals surface area contributed by atoms with E-state index < -0.39 is 8.32 Å². The van der Waals surface area contributed by atoms with Crippen LogP contribution in [0.15, 0.2) is 24.3 Å². The summed E-state index contributed by atoms with van der Waals surface area (Å²) in [5.41, 5.74) is 1.04. The van der Waals surface area contributed by atoms with E-state index in [1.54, 1.807) is 0 Å².